The minimum Gasteiger partial charge on any atom is -0.324 e. The Bertz CT molecular complexity index is 1240. The number of nitrogens with zero attached hydrogens (tertiary/aromatic N) is 3. The van der Waals surface area contributed by atoms with E-state index in [1.807, 2.05) is 0 Å². The Morgan fingerprint density at radius 1 is 1.14 bits per heavy atom. The number of amides is 1. The summed E-state index contributed by atoms with van der Waals surface area (Å²) in [5.74, 6) is -0.623. The molecule has 0 saturated heterocycles. The third-order valence-electron chi connectivity index (χ3n) is 5.82. The van der Waals surface area contributed by atoms with Crippen LogP contribution in [0.4, 0.5) is 10.1 Å². The predicted octanol–water partition coefficient (Wildman–Crippen LogP) is 2.22. The summed E-state index contributed by atoms with van der Waals surface area (Å²) in [5, 5.41) is 3.09. The van der Waals surface area contributed by atoms with Crippen molar-refractivity contribution in [3.05, 3.63) is 68.7 Å². The Labute approximate surface area is 165 Å². The summed E-state index contributed by atoms with van der Waals surface area (Å²) in [6.07, 6.45) is 4.43. The fraction of sp³-hybridized carbons (Fsp3) is 0.333. The minimum atomic E-state index is -0.814. The Morgan fingerprint density at radius 3 is 2.55 bits per heavy atom. The molecule has 150 valence electrons. The van der Waals surface area contributed by atoms with Gasteiger partial charge in [-0.2, -0.15) is 0 Å². The van der Waals surface area contributed by atoms with Crippen LogP contribution in [0.15, 0.2) is 46.1 Å². The van der Waals surface area contributed by atoms with Crippen LogP contribution in [-0.4, -0.2) is 20.0 Å². The van der Waals surface area contributed by atoms with Crippen molar-refractivity contribution in [2.75, 3.05) is 5.32 Å². The first-order valence-corrected chi connectivity index (χ1v) is 9.47. The number of hydrogen-bond donors (Lipinski definition) is 1. The molecule has 1 aliphatic rings. The predicted molar refractivity (Wildman–Crippen MR) is 107 cm³/mol. The van der Waals surface area contributed by atoms with Gasteiger partial charge in [-0.05, 0) is 36.6 Å². The molecule has 1 N–H and O–H groups in total. The average molecular weight is 396 g/mol. The molecule has 1 amide bonds. The molecule has 8 heteroatoms. The van der Waals surface area contributed by atoms with Crippen molar-refractivity contribution in [2.24, 2.45) is 14.1 Å². The van der Waals surface area contributed by atoms with Crippen molar-refractivity contribution in [3.8, 4) is 0 Å². The van der Waals surface area contributed by atoms with Crippen molar-refractivity contribution in [3.63, 3.8) is 0 Å². The lowest BCUT2D eigenvalue weighted by Gasteiger charge is -2.28. The van der Waals surface area contributed by atoms with Crippen LogP contribution in [0, 0.1) is 5.82 Å². The Balaban J connectivity index is 1.75. The number of nitrogens with one attached hydrogen (secondary N) is 1. The van der Waals surface area contributed by atoms with Crippen LogP contribution in [0.2, 0.25) is 0 Å². The van der Waals surface area contributed by atoms with E-state index < -0.39 is 16.7 Å². The van der Waals surface area contributed by atoms with Gasteiger partial charge in [0, 0.05) is 14.1 Å². The van der Waals surface area contributed by atoms with Crippen LogP contribution in [0.5, 0.6) is 0 Å². The lowest BCUT2D eigenvalue weighted by atomic mass is 9.78. The second kappa shape index (κ2) is 6.95. The first-order chi connectivity index (χ1) is 13.8. The molecule has 0 atom stereocenters. The van der Waals surface area contributed by atoms with Gasteiger partial charge in [-0.3, -0.25) is 18.7 Å². The van der Waals surface area contributed by atoms with Gasteiger partial charge in [0.2, 0.25) is 5.91 Å². The average Bonchev–Trinajstić information content (AvgIpc) is 3.22. The number of fused-ring (bicyclic) bond motifs is 1. The number of carbonyl (C=O) groups excluding carboxylic acids is 1. The van der Waals surface area contributed by atoms with Crippen LogP contribution >= 0.6 is 0 Å². The Hall–Kier alpha value is -3.29. The minimum absolute atomic E-state index is 0.235. The van der Waals surface area contributed by atoms with Crippen molar-refractivity contribution in [2.45, 2.75) is 31.1 Å². The van der Waals surface area contributed by atoms with E-state index in [9.17, 15) is 18.8 Å². The van der Waals surface area contributed by atoms with Gasteiger partial charge in [0.15, 0.2) is 0 Å². The highest BCUT2D eigenvalue weighted by atomic mass is 19.1. The zero-order valence-electron chi connectivity index (χ0n) is 16.2. The normalized spacial score (nSPS) is 15.6. The standard InChI is InChI=1S/C21H21FN4O3/c1-25-17-16(18(27)26(2)20(25)29)11-15(12-23-17)24-19(28)21(8-3-4-9-21)13-6-5-7-14(22)10-13/h5-7,10-12H,3-4,8-9H2,1-2H3,(H,24,28). The lowest BCUT2D eigenvalue weighted by molar-refractivity contribution is -0.121. The number of benzene rings is 1. The second-order valence-corrected chi connectivity index (χ2v) is 7.55. The molecular formula is C21H21FN4O3. The van der Waals surface area contributed by atoms with Crippen LogP contribution in [0.3, 0.4) is 0 Å². The van der Waals surface area contributed by atoms with Gasteiger partial charge >= 0.3 is 5.69 Å². The van der Waals surface area contributed by atoms with Crippen LogP contribution in [0.1, 0.15) is 31.2 Å². The van der Waals surface area contributed by atoms with Crippen LogP contribution in [-0.2, 0) is 24.3 Å². The van der Waals surface area contributed by atoms with E-state index in [2.05, 4.69) is 10.3 Å². The Kier molecular flexibility index (Phi) is 4.56. The summed E-state index contributed by atoms with van der Waals surface area (Å²) in [6.45, 7) is 0. The van der Waals surface area contributed by atoms with Crippen molar-refractivity contribution >= 4 is 22.6 Å². The summed E-state index contributed by atoms with van der Waals surface area (Å²) < 4.78 is 16.1. The molecule has 1 aliphatic carbocycles. The van der Waals surface area contributed by atoms with Crippen molar-refractivity contribution < 1.29 is 9.18 Å². The van der Waals surface area contributed by atoms with Gasteiger partial charge in [-0.1, -0.05) is 25.0 Å². The highest BCUT2D eigenvalue weighted by molar-refractivity contribution is 6.00. The van der Waals surface area contributed by atoms with Crippen LogP contribution < -0.4 is 16.6 Å². The van der Waals surface area contributed by atoms with Gasteiger partial charge in [0.25, 0.3) is 5.56 Å². The molecule has 7 nitrogen and oxygen atoms in total. The summed E-state index contributed by atoms with van der Waals surface area (Å²) in [4.78, 5) is 42.0. The number of anilines is 1. The molecular weight excluding hydrogens is 375 g/mol. The van der Waals surface area contributed by atoms with Gasteiger partial charge in [0.05, 0.1) is 22.7 Å². The maximum Gasteiger partial charge on any atom is 0.332 e. The van der Waals surface area contributed by atoms with Crippen LogP contribution in [0.25, 0.3) is 11.0 Å². The third-order valence-corrected chi connectivity index (χ3v) is 5.82. The maximum atomic E-state index is 13.8. The van der Waals surface area contributed by atoms with Gasteiger partial charge in [-0.15, -0.1) is 0 Å². The number of aryl methyl sites for hydroxylation is 1. The number of pyridine rings is 1. The van der Waals surface area contributed by atoms with E-state index in [-0.39, 0.29) is 22.8 Å². The summed E-state index contributed by atoms with van der Waals surface area (Å²) >= 11 is 0. The Morgan fingerprint density at radius 2 is 1.86 bits per heavy atom. The fourth-order valence-corrected chi connectivity index (χ4v) is 4.20. The van der Waals surface area contributed by atoms with Gasteiger partial charge < -0.3 is 5.32 Å². The third kappa shape index (κ3) is 3.04. The first kappa shape index (κ1) is 19.0. The van der Waals surface area contributed by atoms with E-state index >= 15 is 0 Å². The quantitative estimate of drug-likeness (QED) is 0.736. The zero-order valence-corrected chi connectivity index (χ0v) is 16.2. The smallest absolute Gasteiger partial charge is 0.324 e. The summed E-state index contributed by atoms with van der Waals surface area (Å²) in [7, 11) is 2.93. The molecule has 0 aliphatic heterocycles. The molecule has 3 aromatic rings. The number of rotatable bonds is 3. The molecule has 29 heavy (non-hydrogen) atoms. The zero-order chi connectivity index (χ0) is 20.8. The fourth-order valence-electron chi connectivity index (χ4n) is 4.20. The van der Waals surface area contributed by atoms with Crippen molar-refractivity contribution in [1.82, 2.24) is 14.1 Å². The maximum absolute atomic E-state index is 13.8. The molecule has 2 aromatic heterocycles. The monoisotopic (exact) mass is 396 g/mol. The molecule has 1 saturated carbocycles. The van der Waals surface area contributed by atoms with E-state index in [1.165, 1.54) is 43.1 Å². The molecule has 0 radical (unpaired) electrons. The number of halogens is 1. The second-order valence-electron chi connectivity index (χ2n) is 7.55. The van der Waals surface area contributed by atoms with Crippen molar-refractivity contribution in [1.29, 1.82) is 0 Å². The molecule has 1 aromatic carbocycles. The molecule has 1 fully saturated rings. The molecule has 0 unspecified atom stereocenters. The van der Waals surface area contributed by atoms with Gasteiger partial charge in [0.1, 0.15) is 11.5 Å². The number of hydrogen-bond acceptors (Lipinski definition) is 4. The highest BCUT2D eigenvalue weighted by Crippen LogP contribution is 2.42. The van der Waals surface area contributed by atoms with E-state index in [4.69, 9.17) is 0 Å². The van der Waals surface area contributed by atoms with E-state index in [1.54, 1.807) is 12.1 Å². The first-order valence-electron chi connectivity index (χ1n) is 9.47. The molecule has 2 heterocycles. The largest absolute Gasteiger partial charge is 0.332 e. The topological polar surface area (TPSA) is 86.0 Å². The lowest BCUT2D eigenvalue weighted by Crippen LogP contribution is -2.38. The summed E-state index contributed by atoms with van der Waals surface area (Å²) in [5.41, 5.74) is -0.501. The highest BCUT2D eigenvalue weighted by Gasteiger charge is 2.43. The molecule has 0 bridgehead atoms. The number of carbonyl (C=O) groups is 1. The van der Waals surface area contributed by atoms with Gasteiger partial charge in [-0.25, -0.2) is 14.2 Å². The SMILES string of the molecule is Cn1c(=O)c2cc(NC(=O)C3(c4cccc(F)c4)CCCC3)cnc2n(C)c1=O. The molecule has 0 spiro atoms. The van der Waals surface area contributed by atoms with E-state index in [0.29, 0.717) is 24.1 Å². The summed E-state index contributed by atoms with van der Waals surface area (Å²) in [6, 6.07) is 7.68. The number of aromatic nitrogens is 3. The molecule has 4 rings (SSSR count). The van der Waals surface area contributed by atoms with E-state index in [0.717, 1.165) is 17.4 Å².